The van der Waals surface area contributed by atoms with E-state index in [2.05, 4.69) is 27.5 Å². The largest absolute Gasteiger partial charge is 0.313 e. The minimum absolute atomic E-state index is 0.695. The van der Waals surface area contributed by atoms with E-state index in [-0.39, 0.29) is 0 Å². The molecule has 0 bridgehead atoms. The molecule has 1 aliphatic rings. The molecule has 1 unspecified atom stereocenters. The van der Waals surface area contributed by atoms with Gasteiger partial charge in [0.15, 0.2) is 0 Å². The zero-order valence-corrected chi connectivity index (χ0v) is 10.7. The lowest BCUT2D eigenvalue weighted by atomic mass is 10.1. The van der Waals surface area contributed by atoms with Crippen molar-refractivity contribution < 1.29 is 0 Å². The van der Waals surface area contributed by atoms with E-state index in [1.165, 1.54) is 32.5 Å². The van der Waals surface area contributed by atoms with Gasteiger partial charge in [-0.1, -0.05) is 12.1 Å². The van der Waals surface area contributed by atoms with Crippen molar-refractivity contribution in [3.05, 3.63) is 12.4 Å². The monoisotopic (exact) mass is 237 g/mol. The Labute approximate surface area is 103 Å². The summed E-state index contributed by atoms with van der Waals surface area (Å²) in [6.07, 6.45) is 7.47. The molecule has 2 heterocycles. The highest BCUT2D eigenvalue weighted by Gasteiger charge is 2.18. The molecule has 1 aliphatic heterocycles. The van der Waals surface area contributed by atoms with Crippen LogP contribution in [0.4, 0.5) is 0 Å². The molecule has 0 aromatic carbocycles. The summed E-state index contributed by atoms with van der Waals surface area (Å²) in [7, 11) is 0. The highest BCUT2D eigenvalue weighted by molar-refractivity contribution is 4.77. The second-order valence-electron chi connectivity index (χ2n) is 4.72. The van der Waals surface area contributed by atoms with Crippen LogP contribution in [0.5, 0.6) is 0 Å². The summed E-state index contributed by atoms with van der Waals surface area (Å²) >= 11 is 0. The van der Waals surface area contributed by atoms with Gasteiger partial charge >= 0.3 is 0 Å². The third-order valence-electron chi connectivity index (χ3n) is 3.33. The van der Waals surface area contributed by atoms with Crippen LogP contribution in [0.1, 0.15) is 26.2 Å². The minimum Gasteiger partial charge on any atom is -0.313 e. The quantitative estimate of drug-likeness (QED) is 0.793. The molecule has 1 saturated heterocycles. The van der Waals surface area contributed by atoms with Crippen LogP contribution >= 0.6 is 0 Å². The average molecular weight is 237 g/mol. The Morgan fingerprint density at radius 3 is 3.12 bits per heavy atom. The van der Waals surface area contributed by atoms with Crippen molar-refractivity contribution >= 4 is 0 Å². The van der Waals surface area contributed by atoms with Crippen LogP contribution in [0, 0.1) is 0 Å². The molecular weight excluding hydrogens is 214 g/mol. The molecule has 1 fully saturated rings. The van der Waals surface area contributed by atoms with Crippen molar-refractivity contribution in [1.82, 2.24) is 25.2 Å². The van der Waals surface area contributed by atoms with Crippen LogP contribution in [0.3, 0.4) is 0 Å². The van der Waals surface area contributed by atoms with Crippen molar-refractivity contribution in [2.24, 2.45) is 0 Å². The second kappa shape index (κ2) is 6.71. The predicted octanol–water partition coefficient (Wildman–Crippen LogP) is 0.742. The van der Waals surface area contributed by atoms with Crippen LogP contribution in [0.25, 0.3) is 0 Å². The minimum atomic E-state index is 0.695. The summed E-state index contributed by atoms with van der Waals surface area (Å²) in [6.45, 7) is 7.86. The van der Waals surface area contributed by atoms with Crippen LogP contribution in [0.15, 0.2) is 12.4 Å². The van der Waals surface area contributed by atoms with E-state index in [4.69, 9.17) is 0 Å². The maximum atomic E-state index is 3.98. The van der Waals surface area contributed by atoms with Gasteiger partial charge in [0.1, 0.15) is 0 Å². The van der Waals surface area contributed by atoms with E-state index in [1.54, 1.807) is 6.20 Å². The Morgan fingerprint density at radius 1 is 1.41 bits per heavy atom. The van der Waals surface area contributed by atoms with E-state index in [0.717, 1.165) is 19.5 Å². The molecule has 5 heteroatoms. The summed E-state index contributed by atoms with van der Waals surface area (Å²) in [6, 6.07) is 0.695. The lowest BCUT2D eigenvalue weighted by molar-refractivity contribution is 0.187. The molecule has 0 amide bonds. The van der Waals surface area contributed by atoms with Gasteiger partial charge in [0, 0.05) is 25.3 Å². The van der Waals surface area contributed by atoms with Crippen LogP contribution in [0.2, 0.25) is 0 Å². The number of likely N-dealkylation sites (N-methyl/N-ethyl adjacent to an activating group) is 1. The number of piperidine rings is 1. The number of rotatable bonds is 6. The highest BCUT2D eigenvalue weighted by atomic mass is 15.4. The predicted molar refractivity (Wildman–Crippen MR) is 67.8 cm³/mol. The van der Waals surface area contributed by atoms with Gasteiger partial charge in [0.05, 0.1) is 6.20 Å². The van der Waals surface area contributed by atoms with Gasteiger partial charge in [-0.25, -0.2) is 0 Å². The molecule has 0 spiro atoms. The highest BCUT2D eigenvalue weighted by Crippen LogP contribution is 2.10. The van der Waals surface area contributed by atoms with E-state index >= 15 is 0 Å². The third-order valence-corrected chi connectivity index (χ3v) is 3.33. The van der Waals surface area contributed by atoms with E-state index in [1.807, 2.05) is 10.9 Å². The molecule has 2 rings (SSSR count). The Hall–Kier alpha value is -0.940. The average Bonchev–Trinajstić information content (AvgIpc) is 2.83. The molecule has 1 N–H and O–H groups in total. The third kappa shape index (κ3) is 4.09. The summed E-state index contributed by atoms with van der Waals surface area (Å²) in [5.41, 5.74) is 0. The molecule has 0 aliphatic carbocycles. The first-order valence-electron chi connectivity index (χ1n) is 6.68. The maximum absolute atomic E-state index is 3.98. The Morgan fingerprint density at radius 2 is 2.35 bits per heavy atom. The maximum Gasteiger partial charge on any atom is 0.0692 e. The summed E-state index contributed by atoms with van der Waals surface area (Å²) in [5.74, 6) is 0. The molecule has 0 saturated carbocycles. The van der Waals surface area contributed by atoms with Gasteiger partial charge in [-0.2, -0.15) is 0 Å². The summed E-state index contributed by atoms with van der Waals surface area (Å²) < 4.78 is 1.91. The van der Waals surface area contributed by atoms with E-state index in [9.17, 15) is 0 Å². The first-order chi connectivity index (χ1) is 8.38. The number of likely N-dealkylation sites (tertiary alicyclic amines) is 1. The summed E-state index contributed by atoms with van der Waals surface area (Å²) in [5, 5.41) is 11.3. The zero-order valence-electron chi connectivity index (χ0n) is 10.7. The molecule has 1 aromatic heterocycles. The molecule has 0 radical (unpaired) electrons. The Kier molecular flexibility index (Phi) is 4.94. The molecule has 96 valence electrons. The van der Waals surface area contributed by atoms with Gasteiger partial charge in [0.25, 0.3) is 0 Å². The number of hydrogen-bond acceptors (Lipinski definition) is 4. The van der Waals surface area contributed by atoms with Gasteiger partial charge in [-0.05, 0) is 38.9 Å². The first-order valence-corrected chi connectivity index (χ1v) is 6.68. The first kappa shape index (κ1) is 12.5. The van der Waals surface area contributed by atoms with Crippen molar-refractivity contribution in [2.45, 2.75) is 38.8 Å². The standard InChI is InChI=1S/C12H23N5/c1-2-13-12-5-3-7-16(11-12)8-4-9-17-10-6-14-15-17/h6,10,12-13H,2-5,7-9,11H2,1H3. The zero-order chi connectivity index (χ0) is 11.9. The van der Waals surface area contributed by atoms with Gasteiger partial charge in [-0.3, -0.25) is 4.68 Å². The number of nitrogens with zero attached hydrogens (tertiary/aromatic N) is 4. The molecule has 1 aromatic rings. The SMILES string of the molecule is CCNC1CCCN(CCCn2ccnn2)C1. The fourth-order valence-corrected chi connectivity index (χ4v) is 2.52. The van der Waals surface area contributed by atoms with Crippen molar-refractivity contribution in [3.8, 4) is 0 Å². The lowest BCUT2D eigenvalue weighted by Crippen LogP contribution is -2.45. The van der Waals surface area contributed by atoms with Crippen molar-refractivity contribution in [1.29, 1.82) is 0 Å². The van der Waals surface area contributed by atoms with Crippen molar-refractivity contribution in [3.63, 3.8) is 0 Å². The molecular formula is C12H23N5. The number of nitrogens with one attached hydrogen (secondary N) is 1. The Bertz CT molecular complexity index is 296. The van der Waals surface area contributed by atoms with E-state index < -0.39 is 0 Å². The number of aryl methyl sites for hydroxylation is 1. The van der Waals surface area contributed by atoms with Crippen LogP contribution in [-0.2, 0) is 6.54 Å². The number of hydrogen-bond donors (Lipinski definition) is 1. The lowest BCUT2D eigenvalue weighted by Gasteiger charge is -2.33. The van der Waals surface area contributed by atoms with E-state index in [0.29, 0.717) is 6.04 Å². The topological polar surface area (TPSA) is 46.0 Å². The Balaban J connectivity index is 1.65. The van der Waals surface area contributed by atoms with Crippen molar-refractivity contribution in [2.75, 3.05) is 26.2 Å². The number of aromatic nitrogens is 3. The smallest absolute Gasteiger partial charge is 0.0692 e. The molecule has 1 atom stereocenters. The van der Waals surface area contributed by atoms with Crippen LogP contribution in [-0.4, -0.2) is 52.1 Å². The summed E-state index contributed by atoms with van der Waals surface area (Å²) in [4.78, 5) is 2.56. The second-order valence-corrected chi connectivity index (χ2v) is 4.72. The normalized spacial score (nSPS) is 21.8. The molecule has 17 heavy (non-hydrogen) atoms. The fraction of sp³-hybridized carbons (Fsp3) is 0.833. The van der Waals surface area contributed by atoms with Crippen LogP contribution < -0.4 is 5.32 Å². The van der Waals surface area contributed by atoms with Gasteiger partial charge in [0.2, 0.25) is 0 Å². The fourth-order valence-electron chi connectivity index (χ4n) is 2.52. The molecule has 5 nitrogen and oxygen atoms in total. The van der Waals surface area contributed by atoms with Gasteiger partial charge < -0.3 is 10.2 Å². The van der Waals surface area contributed by atoms with Gasteiger partial charge in [-0.15, -0.1) is 5.10 Å².